The Labute approximate surface area is 147 Å². The van der Waals surface area contributed by atoms with Crippen LogP contribution >= 0.6 is 0 Å². The van der Waals surface area contributed by atoms with Crippen LogP contribution in [0, 0.1) is 5.82 Å². The first-order chi connectivity index (χ1) is 11.8. The smallest absolute Gasteiger partial charge is 0.243 e. The van der Waals surface area contributed by atoms with Crippen LogP contribution in [0.2, 0.25) is 0 Å². The van der Waals surface area contributed by atoms with Crippen molar-refractivity contribution in [3.63, 3.8) is 0 Å². The first kappa shape index (κ1) is 18.6. The zero-order valence-corrected chi connectivity index (χ0v) is 14.7. The van der Waals surface area contributed by atoms with Gasteiger partial charge in [-0.25, -0.2) is 4.39 Å². The Bertz CT molecular complexity index is 766. The number of nitrogens with one attached hydrogen (secondary N) is 2. The number of carbonyl (C=O) groups excluding carboxylic acids is 2. The van der Waals surface area contributed by atoms with Crippen LogP contribution in [0.1, 0.15) is 31.9 Å². The molecule has 0 heterocycles. The first-order valence-corrected chi connectivity index (χ1v) is 8.16. The molecule has 0 aliphatic heterocycles. The van der Waals surface area contributed by atoms with Gasteiger partial charge in [-0.15, -0.1) is 0 Å². The summed E-state index contributed by atoms with van der Waals surface area (Å²) in [4.78, 5) is 24.0. The molecule has 0 spiro atoms. The Morgan fingerprint density at radius 2 is 1.72 bits per heavy atom. The van der Waals surface area contributed by atoms with E-state index in [-0.39, 0.29) is 36.0 Å². The number of carbonyl (C=O) groups is 2. The molecular weight excluding hydrogens is 319 g/mol. The highest BCUT2D eigenvalue weighted by atomic mass is 19.1. The molecule has 0 unspecified atom stereocenters. The summed E-state index contributed by atoms with van der Waals surface area (Å²) in [6, 6.07) is 13.4. The third-order valence-electron chi connectivity index (χ3n) is 3.71. The Hall–Kier alpha value is -2.69. The van der Waals surface area contributed by atoms with Gasteiger partial charge in [0.05, 0.1) is 13.0 Å². The Kier molecular flexibility index (Phi) is 5.91. The van der Waals surface area contributed by atoms with E-state index in [4.69, 9.17) is 0 Å². The zero-order valence-electron chi connectivity index (χ0n) is 14.7. The monoisotopic (exact) mass is 342 g/mol. The van der Waals surface area contributed by atoms with Gasteiger partial charge in [-0.1, -0.05) is 51.1 Å². The molecule has 0 atom stereocenters. The van der Waals surface area contributed by atoms with Gasteiger partial charge in [0.1, 0.15) is 5.82 Å². The van der Waals surface area contributed by atoms with Crippen LogP contribution in [0.15, 0.2) is 48.5 Å². The molecule has 0 aliphatic rings. The Balaban J connectivity index is 1.90. The van der Waals surface area contributed by atoms with Gasteiger partial charge in [0.15, 0.2) is 0 Å². The van der Waals surface area contributed by atoms with Crippen molar-refractivity contribution >= 4 is 17.5 Å². The van der Waals surface area contributed by atoms with Crippen molar-refractivity contribution in [3.8, 4) is 0 Å². The third-order valence-corrected chi connectivity index (χ3v) is 3.71. The van der Waals surface area contributed by atoms with E-state index < -0.39 is 0 Å². The number of hydrogen-bond donors (Lipinski definition) is 2. The quantitative estimate of drug-likeness (QED) is 0.875. The highest BCUT2D eigenvalue weighted by Crippen LogP contribution is 2.29. The largest absolute Gasteiger partial charge is 0.347 e. The maximum atomic E-state index is 13.1. The van der Waals surface area contributed by atoms with Crippen LogP contribution in [0.4, 0.5) is 10.1 Å². The average Bonchev–Trinajstić information content (AvgIpc) is 2.52. The highest BCUT2D eigenvalue weighted by Gasteiger charge is 2.18. The fourth-order valence-corrected chi connectivity index (χ4v) is 2.51. The fourth-order valence-electron chi connectivity index (χ4n) is 2.51. The van der Waals surface area contributed by atoms with Gasteiger partial charge in [0, 0.05) is 5.69 Å². The molecule has 0 aliphatic carbocycles. The third kappa shape index (κ3) is 5.71. The van der Waals surface area contributed by atoms with E-state index in [9.17, 15) is 14.0 Å². The molecule has 4 nitrogen and oxygen atoms in total. The minimum Gasteiger partial charge on any atom is -0.347 e. The molecule has 2 N–H and O–H groups in total. The van der Waals surface area contributed by atoms with E-state index in [1.165, 1.54) is 12.1 Å². The standard InChI is InChI=1S/C20H23FN2O2/c1-20(2,3)16-9-4-5-10-17(16)23-19(25)13-22-18(24)12-14-7-6-8-15(21)11-14/h4-11H,12-13H2,1-3H3,(H,22,24)(H,23,25). The van der Waals surface area contributed by atoms with Crippen molar-refractivity contribution < 1.29 is 14.0 Å². The maximum Gasteiger partial charge on any atom is 0.243 e. The van der Waals surface area contributed by atoms with Crippen molar-refractivity contribution in [2.75, 3.05) is 11.9 Å². The fraction of sp³-hybridized carbons (Fsp3) is 0.300. The van der Waals surface area contributed by atoms with Crippen molar-refractivity contribution in [1.29, 1.82) is 0 Å². The number of halogens is 1. The van der Waals surface area contributed by atoms with E-state index in [2.05, 4.69) is 31.4 Å². The molecule has 0 radical (unpaired) electrons. The normalized spacial score (nSPS) is 11.0. The van der Waals surface area contributed by atoms with Crippen LogP contribution in [0.3, 0.4) is 0 Å². The molecule has 25 heavy (non-hydrogen) atoms. The summed E-state index contributed by atoms with van der Waals surface area (Å²) in [5, 5.41) is 5.39. The summed E-state index contributed by atoms with van der Waals surface area (Å²) in [6.07, 6.45) is 0.0314. The number of para-hydroxylation sites is 1. The zero-order chi connectivity index (χ0) is 18.4. The Morgan fingerprint density at radius 3 is 2.40 bits per heavy atom. The second-order valence-electron chi connectivity index (χ2n) is 6.93. The van der Waals surface area contributed by atoms with Crippen molar-refractivity contribution in [1.82, 2.24) is 5.32 Å². The van der Waals surface area contributed by atoms with E-state index in [1.807, 2.05) is 24.3 Å². The number of hydrogen-bond acceptors (Lipinski definition) is 2. The van der Waals surface area contributed by atoms with E-state index in [1.54, 1.807) is 12.1 Å². The molecule has 2 rings (SSSR count). The van der Waals surface area contributed by atoms with Gasteiger partial charge in [0.25, 0.3) is 0 Å². The number of benzene rings is 2. The van der Waals surface area contributed by atoms with Crippen LogP contribution < -0.4 is 10.6 Å². The lowest BCUT2D eigenvalue weighted by Crippen LogP contribution is -2.34. The van der Waals surface area contributed by atoms with E-state index >= 15 is 0 Å². The maximum absolute atomic E-state index is 13.1. The molecule has 2 aromatic carbocycles. The number of amides is 2. The average molecular weight is 342 g/mol. The van der Waals surface area contributed by atoms with Gasteiger partial charge in [-0.2, -0.15) is 0 Å². The minimum atomic E-state index is -0.387. The topological polar surface area (TPSA) is 58.2 Å². The molecule has 0 fully saturated rings. The lowest BCUT2D eigenvalue weighted by atomic mass is 9.86. The summed E-state index contributed by atoms with van der Waals surface area (Å²) in [7, 11) is 0. The number of rotatable bonds is 5. The minimum absolute atomic E-state index is 0.0314. The molecule has 132 valence electrons. The molecular formula is C20H23FN2O2. The lowest BCUT2D eigenvalue weighted by Gasteiger charge is -2.23. The SMILES string of the molecule is CC(C)(C)c1ccccc1NC(=O)CNC(=O)Cc1cccc(F)c1. The highest BCUT2D eigenvalue weighted by molar-refractivity contribution is 5.95. The molecule has 2 amide bonds. The van der Waals surface area contributed by atoms with Crippen LogP contribution in [-0.2, 0) is 21.4 Å². The molecule has 0 saturated heterocycles. The molecule has 0 saturated carbocycles. The molecule has 0 bridgehead atoms. The number of anilines is 1. The van der Waals surface area contributed by atoms with E-state index in [0.717, 1.165) is 11.3 Å². The van der Waals surface area contributed by atoms with Crippen LogP contribution in [0.25, 0.3) is 0 Å². The van der Waals surface area contributed by atoms with Crippen molar-refractivity contribution in [2.45, 2.75) is 32.6 Å². The van der Waals surface area contributed by atoms with E-state index in [0.29, 0.717) is 5.56 Å². The van der Waals surface area contributed by atoms with Crippen molar-refractivity contribution in [3.05, 3.63) is 65.5 Å². The Morgan fingerprint density at radius 1 is 1.00 bits per heavy atom. The predicted octanol–water partition coefficient (Wildman–Crippen LogP) is 3.42. The van der Waals surface area contributed by atoms with Gasteiger partial charge in [-0.3, -0.25) is 9.59 Å². The molecule has 2 aromatic rings. The van der Waals surface area contributed by atoms with Crippen LogP contribution in [-0.4, -0.2) is 18.4 Å². The second kappa shape index (κ2) is 7.92. The van der Waals surface area contributed by atoms with Gasteiger partial charge < -0.3 is 10.6 Å². The summed E-state index contributed by atoms with van der Waals surface area (Å²) < 4.78 is 13.1. The summed E-state index contributed by atoms with van der Waals surface area (Å²) in [5.74, 6) is -1.02. The lowest BCUT2D eigenvalue weighted by molar-refractivity contribution is -0.123. The second-order valence-corrected chi connectivity index (χ2v) is 6.93. The van der Waals surface area contributed by atoms with Crippen LogP contribution in [0.5, 0.6) is 0 Å². The summed E-state index contributed by atoms with van der Waals surface area (Å²) in [6.45, 7) is 6.07. The first-order valence-electron chi connectivity index (χ1n) is 8.16. The van der Waals surface area contributed by atoms with Gasteiger partial charge in [-0.05, 0) is 34.7 Å². The predicted molar refractivity (Wildman–Crippen MR) is 96.9 cm³/mol. The summed E-state index contributed by atoms with van der Waals surface area (Å²) in [5.41, 5.74) is 2.22. The molecule has 5 heteroatoms. The van der Waals surface area contributed by atoms with Crippen molar-refractivity contribution in [2.24, 2.45) is 0 Å². The van der Waals surface area contributed by atoms with Gasteiger partial charge in [0.2, 0.25) is 11.8 Å². The summed E-state index contributed by atoms with van der Waals surface area (Å²) >= 11 is 0. The molecule has 0 aromatic heterocycles. The van der Waals surface area contributed by atoms with Gasteiger partial charge >= 0.3 is 0 Å².